The smallest absolute Gasteiger partial charge is 0.277 e. The zero-order valence-electron chi connectivity index (χ0n) is 13.1. The number of benzene rings is 2. The molecule has 0 aromatic heterocycles. The third-order valence-corrected chi connectivity index (χ3v) is 4.35. The van der Waals surface area contributed by atoms with Crippen molar-refractivity contribution in [1.29, 1.82) is 0 Å². The minimum atomic E-state index is -0.388. The van der Waals surface area contributed by atoms with Crippen LogP contribution in [0.15, 0.2) is 39.9 Å². The van der Waals surface area contributed by atoms with E-state index in [0.717, 1.165) is 15.6 Å². The van der Waals surface area contributed by atoms with Gasteiger partial charge < -0.3 is 4.74 Å². The first-order valence-electron chi connectivity index (χ1n) is 7.04. The van der Waals surface area contributed by atoms with Crippen molar-refractivity contribution in [2.75, 3.05) is 6.61 Å². The summed E-state index contributed by atoms with van der Waals surface area (Å²) in [5.41, 5.74) is 4.97. The van der Waals surface area contributed by atoms with Crippen molar-refractivity contribution in [2.24, 2.45) is 5.10 Å². The maximum Gasteiger partial charge on any atom is 0.277 e. The SMILES string of the molecule is Cc1cc(C)c(OCC(=O)N/N=C/c2c(Cl)cccc2Cl)c(Br)c1. The Hall–Kier alpha value is -1.56. The van der Waals surface area contributed by atoms with Gasteiger partial charge >= 0.3 is 0 Å². The van der Waals surface area contributed by atoms with Gasteiger partial charge in [-0.15, -0.1) is 0 Å². The summed E-state index contributed by atoms with van der Waals surface area (Å²) in [5, 5.41) is 4.76. The highest BCUT2D eigenvalue weighted by atomic mass is 79.9. The second-order valence-electron chi connectivity index (χ2n) is 5.11. The first-order valence-corrected chi connectivity index (χ1v) is 8.59. The van der Waals surface area contributed by atoms with Gasteiger partial charge in [-0.05, 0) is 59.1 Å². The van der Waals surface area contributed by atoms with Gasteiger partial charge in [0.25, 0.3) is 5.91 Å². The number of rotatable bonds is 5. The molecule has 24 heavy (non-hydrogen) atoms. The van der Waals surface area contributed by atoms with Crippen LogP contribution in [0.4, 0.5) is 0 Å². The predicted octanol–water partition coefficient (Wildman–Crippen LogP) is 4.90. The lowest BCUT2D eigenvalue weighted by Crippen LogP contribution is -2.25. The summed E-state index contributed by atoms with van der Waals surface area (Å²) < 4.78 is 6.35. The topological polar surface area (TPSA) is 50.7 Å². The molecule has 0 fully saturated rings. The van der Waals surface area contributed by atoms with Crippen molar-refractivity contribution in [3.8, 4) is 5.75 Å². The molecule has 4 nitrogen and oxygen atoms in total. The molecule has 0 saturated carbocycles. The van der Waals surface area contributed by atoms with Gasteiger partial charge in [0.15, 0.2) is 6.61 Å². The van der Waals surface area contributed by atoms with Crippen LogP contribution < -0.4 is 10.2 Å². The molecule has 1 amide bonds. The van der Waals surface area contributed by atoms with Gasteiger partial charge in [-0.2, -0.15) is 5.10 Å². The Labute approximate surface area is 158 Å². The van der Waals surface area contributed by atoms with E-state index in [9.17, 15) is 4.79 Å². The Kier molecular flexibility index (Phi) is 6.66. The number of hydrogen-bond donors (Lipinski definition) is 1. The molecule has 7 heteroatoms. The molecule has 0 heterocycles. The summed E-state index contributed by atoms with van der Waals surface area (Å²) >= 11 is 15.5. The van der Waals surface area contributed by atoms with E-state index in [0.29, 0.717) is 21.4 Å². The van der Waals surface area contributed by atoms with Crippen LogP contribution in [0.3, 0.4) is 0 Å². The van der Waals surface area contributed by atoms with E-state index in [2.05, 4.69) is 26.5 Å². The molecule has 0 radical (unpaired) electrons. The fourth-order valence-corrected chi connectivity index (χ4v) is 3.34. The lowest BCUT2D eigenvalue weighted by Gasteiger charge is -2.11. The molecule has 0 aliphatic carbocycles. The zero-order valence-corrected chi connectivity index (χ0v) is 16.2. The van der Waals surface area contributed by atoms with Gasteiger partial charge in [0.2, 0.25) is 0 Å². The van der Waals surface area contributed by atoms with Crippen molar-refractivity contribution >= 4 is 51.3 Å². The zero-order chi connectivity index (χ0) is 17.7. The summed E-state index contributed by atoms with van der Waals surface area (Å²) in [5.74, 6) is 0.246. The summed E-state index contributed by atoms with van der Waals surface area (Å²) in [4.78, 5) is 11.8. The molecule has 0 bridgehead atoms. The number of hydrazone groups is 1. The molecule has 2 aromatic carbocycles. The average molecular weight is 430 g/mol. The van der Waals surface area contributed by atoms with Crippen LogP contribution in [0.5, 0.6) is 5.75 Å². The van der Waals surface area contributed by atoms with Crippen LogP contribution in [0.1, 0.15) is 16.7 Å². The van der Waals surface area contributed by atoms with Crippen LogP contribution in [0.2, 0.25) is 10.0 Å². The maximum atomic E-state index is 11.8. The van der Waals surface area contributed by atoms with Gasteiger partial charge in [0.05, 0.1) is 20.7 Å². The number of carbonyl (C=O) groups is 1. The lowest BCUT2D eigenvalue weighted by atomic mass is 10.1. The van der Waals surface area contributed by atoms with Crippen molar-refractivity contribution in [1.82, 2.24) is 5.43 Å². The molecule has 1 N–H and O–H groups in total. The number of nitrogens with one attached hydrogen (secondary N) is 1. The normalized spacial score (nSPS) is 10.9. The second-order valence-corrected chi connectivity index (χ2v) is 6.78. The number of aryl methyl sites for hydroxylation is 2. The van der Waals surface area contributed by atoms with E-state index in [4.69, 9.17) is 27.9 Å². The molecule has 2 rings (SSSR count). The average Bonchev–Trinajstić information content (AvgIpc) is 2.49. The minimum absolute atomic E-state index is 0.157. The summed E-state index contributed by atoms with van der Waals surface area (Å²) in [6.07, 6.45) is 1.40. The number of nitrogens with zero attached hydrogens (tertiary/aromatic N) is 1. The fraction of sp³-hybridized carbons (Fsp3) is 0.176. The third-order valence-electron chi connectivity index (χ3n) is 3.10. The molecule has 0 spiro atoms. The minimum Gasteiger partial charge on any atom is -0.482 e. The van der Waals surface area contributed by atoms with E-state index in [1.165, 1.54) is 6.21 Å². The van der Waals surface area contributed by atoms with Crippen LogP contribution in [-0.2, 0) is 4.79 Å². The van der Waals surface area contributed by atoms with Gasteiger partial charge in [-0.3, -0.25) is 4.79 Å². The Morgan fingerprint density at radius 3 is 2.58 bits per heavy atom. The van der Waals surface area contributed by atoms with Crippen LogP contribution in [0, 0.1) is 13.8 Å². The molecule has 0 saturated heterocycles. The Morgan fingerprint density at radius 1 is 1.29 bits per heavy atom. The Morgan fingerprint density at radius 2 is 1.96 bits per heavy atom. The highest BCUT2D eigenvalue weighted by Crippen LogP contribution is 2.30. The molecular formula is C17H15BrCl2N2O2. The molecular weight excluding hydrogens is 415 g/mol. The van der Waals surface area contributed by atoms with E-state index in [1.807, 2.05) is 26.0 Å². The van der Waals surface area contributed by atoms with Crippen LogP contribution in [-0.4, -0.2) is 18.7 Å². The monoisotopic (exact) mass is 428 g/mol. The Balaban J connectivity index is 1.94. The van der Waals surface area contributed by atoms with E-state index >= 15 is 0 Å². The van der Waals surface area contributed by atoms with Gasteiger partial charge in [0, 0.05) is 5.56 Å². The summed E-state index contributed by atoms with van der Waals surface area (Å²) in [6, 6.07) is 9.03. The van der Waals surface area contributed by atoms with E-state index < -0.39 is 0 Å². The highest BCUT2D eigenvalue weighted by Gasteiger charge is 2.09. The standard InChI is InChI=1S/C17H15BrCl2N2O2/c1-10-6-11(2)17(13(18)7-10)24-9-16(23)22-21-8-12-14(19)4-3-5-15(12)20/h3-8H,9H2,1-2H3,(H,22,23)/b21-8+. The summed E-state index contributed by atoms with van der Waals surface area (Å²) in [7, 11) is 0. The molecule has 0 aliphatic heterocycles. The number of ether oxygens (including phenoxy) is 1. The van der Waals surface area contributed by atoms with Crippen molar-refractivity contribution in [3.63, 3.8) is 0 Å². The maximum absolute atomic E-state index is 11.8. The third kappa shape index (κ3) is 4.97. The van der Waals surface area contributed by atoms with Crippen molar-refractivity contribution < 1.29 is 9.53 Å². The number of carbonyl (C=O) groups excluding carboxylic acids is 1. The van der Waals surface area contributed by atoms with Crippen LogP contribution in [0.25, 0.3) is 0 Å². The first-order chi connectivity index (χ1) is 11.4. The second kappa shape index (κ2) is 8.51. The highest BCUT2D eigenvalue weighted by molar-refractivity contribution is 9.10. The van der Waals surface area contributed by atoms with Gasteiger partial charge in [-0.25, -0.2) is 5.43 Å². The quantitative estimate of drug-likeness (QED) is 0.542. The molecule has 0 atom stereocenters. The van der Waals surface area contributed by atoms with Gasteiger partial charge in [0.1, 0.15) is 5.75 Å². The number of amides is 1. The van der Waals surface area contributed by atoms with Crippen molar-refractivity contribution in [3.05, 3.63) is 61.5 Å². The van der Waals surface area contributed by atoms with E-state index in [1.54, 1.807) is 18.2 Å². The molecule has 0 unspecified atom stereocenters. The molecule has 126 valence electrons. The largest absolute Gasteiger partial charge is 0.482 e. The fourth-order valence-electron chi connectivity index (χ4n) is 2.06. The lowest BCUT2D eigenvalue weighted by molar-refractivity contribution is -0.123. The van der Waals surface area contributed by atoms with E-state index in [-0.39, 0.29) is 12.5 Å². The molecule has 2 aromatic rings. The number of hydrogen-bond acceptors (Lipinski definition) is 3. The number of halogens is 3. The Bertz CT molecular complexity index is 751. The summed E-state index contributed by atoms with van der Waals surface area (Å²) in [6.45, 7) is 3.75. The first kappa shape index (κ1) is 18.8. The van der Waals surface area contributed by atoms with Crippen molar-refractivity contribution in [2.45, 2.75) is 13.8 Å². The molecule has 0 aliphatic rings. The van der Waals surface area contributed by atoms with Crippen LogP contribution >= 0.6 is 39.1 Å². The van der Waals surface area contributed by atoms with Gasteiger partial charge in [-0.1, -0.05) is 35.3 Å². The predicted molar refractivity (Wildman–Crippen MR) is 101 cm³/mol.